The summed E-state index contributed by atoms with van der Waals surface area (Å²) in [6.45, 7) is 3.58. The first-order valence-electron chi connectivity index (χ1n) is 6.58. The first kappa shape index (κ1) is 13.6. The predicted molar refractivity (Wildman–Crippen MR) is 76.2 cm³/mol. The standard InChI is InChI=1S/C15H20N2O2/c1-3-12-4-5-14-13(10-12)6-8-17(14)11-15(18)16-7-9-19-2/h4-6,8,10H,3,7,9,11H2,1-2H3,(H,16,18). The zero-order valence-electron chi connectivity index (χ0n) is 11.5. The van der Waals surface area contributed by atoms with E-state index in [4.69, 9.17) is 4.74 Å². The minimum Gasteiger partial charge on any atom is -0.383 e. The van der Waals surface area contributed by atoms with Crippen LogP contribution >= 0.6 is 0 Å². The highest BCUT2D eigenvalue weighted by Gasteiger charge is 2.06. The number of hydrogen-bond acceptors (Lipinski definition) is 2. The number of ether oxygens (including phenoxy) is 1. The Morgan fingerprint density at radius 1 is 1.37 bits per heavy atom. The Hall–Kier alpha value is -1.81. The average Bonchev–Trinajstić information content (AvgIpc) is 2.81. The second kappa shape index (κ2) is 6.38. The van der Waals surface area contributed by atoms with Crippen LogP contribution in [-0.4, -0.2) is 30.7 Å². The van der Waals surface area contributed by atoms with Crippen LogP contribution in [0.1, 0.15) is 12.5 Å². The molecule has 4 heteroatoms. The maximum atomic E-state index is 11.8. The van der Waals surface area contributed by atoms with Gasteiger partial charge in [-0.3, -0.25) is 4.79 Å². The fourth-order valence-electron chi connectivity index (χ4n) is 2.11. The Labute approximate surface area is 113 Å². The summed E-state index contributed by atoms with van der Waals surface area (Å²) >= 11 is 0. The Kier molecular flexibility index (Phi) is 4.58. The van der Waals surface area contributed by atoms with Crippen molar-refractivity contribution in [3.05, 3.63) is 36.0 Å². The molecule has 0 aliphatic rings. The second-order valence-corrected chi connectivity index (χ2v) is 4.53. The largest absolute Gasteiger partial charge is 0.383 e. The van der Waals surface area contributed by atoms with Gasteiger partial charge in [0.05, 0.1) is 6.61 Å². The maximum absolute atomic E-state index is 11.8. The van der Waals surface area contributed by atoms with Gasteiger partial charge in [-0.2, -0.15) is 0 Å². The number of hydrogen-bond donors (Lipinski definition) is 1. The minimum absolute atomic E-state index is 0.00844. The van der Waals surface area contributed by atoms with Crippen LogP contribution in [-0.2, 0) is 22.5 Å². The van der Waals surface area contributed by atoms with Crippen LogP contribution in [0.4, 0.5) is 0 Å². The summed E-state index contributed by atoms with van der Waals surface area (Å²) in [5.74, 6) is 0.00844. The van der Waals surface area contributed by atoms with Crippen LogP contribution in [0.2, 0.25) is 0 Å². The third-order valence-corrected chi connectivity index (χ3v) is 3.19. The summed E-state index contributed by atoms with van der Waals surface area (Å²) in [6, 6.07) is 8.42. The molecule has 4 nitrogen and oxygen atoms in total. The van der Waals surface area contributed by atoms with E-state index in [2.05, 4.69) is 36.5 Å². The molecule has 0 unspecified atom stereocenters. The van der Waals surface area contributed by atoms with Gasteiger partial charge in [0.15, 0.2) is 0 Å². The van der Waals surface area contributed by atoms with Crippen molar-refractivity contribution in [1.82, 2.24) is 9.88 Å². The lowest BCUT2D eigenvalue weighted by Gasteiger charge is -2.07. The fourth-order valence-corrected chi connectivity index (χ4v) is 2.11. The highest BCUT2D eigenvalue weighted by Crippen LogP contribution is 2.17. The molecule has 0 saturated carbocycles. The molecule has 1 amide bonds. The molecule has 0 aliphatic carbocycles. The van der Waals surface area contributed by atoms with E-state index < -0.39 is 0 Å². The number of fused-ring (bicyclic) bond motifs is 1. The smallest absolute Gasteiger partial charge is 0.240 e. The number of amides is 1. The molecular weight excluding hydrogens is 240 g/mol. The molecule has 0 aliphatic heterocycles. The Balaban J connectivity index is 2.06. The molecule has 102 valence electrons. The molecule has 0 saturated heterocycles. The van der Waals surface area contributed by atoms with Crippen LogP contribution in [0.25, 0.3) is 10.9 Å². The molecule has 1 heterocycles. The fraction of sp³-hybridized carbons (Fsp3) is 0.400. The maximum Gasteiger partial charge on any atom is 0.240 e. The second-order valence-electron chi connectivity index (χ2n) is 4.53. The lowest BCUT2D eigenvalue weighted by Crippen LogP contribution is -2.30. The van der Waals surface area contributed by atoms with Crippen molar-refractivity contribution in [2.24, 2.45) is 0 Å². The van der Waals surface area contributed by atoms with Gasteiger partial charge in [0.25, 0.3) is 0 Å². The highest BCUT2D eigenvalue weighted by molar-refractivity contribution is 5.83. The lowest BCUT2D eigenvalue weighted by molar-refractivity contribution is -0.121. The quantitative estimate of drug-likeness (QED) is 0.807. The molecule has 1 N–H and O–H groups in total. The number of carbonyl (C=O) groups excluding carboxylic acids is 1. The number of methoxy groups -OCH3 is 1. The molecule has 0 atom stereocenters. The first-order valence-corrected chi connectivity index (χ1v) is 6.58. The summed E-state index contributed by atoms with van der Waals surface area (Å²) in [7, 11) is 1.62. The molecule has 1 aromatic heterocycles. The van der Waals surface area contributed by atoms with Gasteiger partial charge in [-0.1, -0.05) is 13.0 Å². The SMILES string of the molecule is CCc1ccc2c(ccn2CC(=O)NCCOC)c1. The Morgan fingerprint density at radius 2 is 2.21 bits per heavy atom. The molecule has 1 aromatic carbocycles. The molecule has 0 fully saturated rings. The van der Waals surface area contributed by atoms with Gasteiger partial charge in [0.1, 0.15) is 6.54 Å². The number of benzene rings is 1. The van der Waals surface area contributed by atoms with E-state index in [-0.39, 0.29) is 5.91 Å². The van der Waals surface area contributed by atoms with Crippen molar-refractivity contribution in [3.63, 3.8) is 0 Å². The topological polar surface area (TPSA) is 43.3 Å². The number of carbonyl (C=O) groups is 1. The highest BCUT2D eigenvalue weighted by atomic mass is 16.5. The molecule has 19 heavy (non-hydrogen) atoms. The van der Waals surface area contributed by atoms with E-state index in [9.17, 15) is 4.79 Å². The van der Waals surface area contributed by atoms with Crippen LogP contribution in [0.5, 0.6) is 0 Å². The zero-order valence-corrected chi connectivity index (χ0v) is 11.5. The number of nitrogens with zero attached hydrogens (tertiary/aromatic N) is 1. The summed E-state index contributed by atoms with van der Waals surface area (Å²) in [6.07, 6.45) is 2.98. The number of nitrogens with one attached hydrogen (secondary N) is 1. The van der Waals surface area contributed by atoms with Crippen molar-refractivity contribution in [3.8, 4) is 0 Å². The van der Waals surface area contributed by atoms with E-state index in [1.165, 1.54) is 10.9 Å². The third-order valence-electron chi connectivity index (χ3n) is 3.19. The molecule has 0 radical (unpaired) electrons. The van der Waals surface area contributed by atoms with Gasteiger partial charge in [-0.25, -0.2) is 0 Å². The summed E-state index contributed by atoms with van der Waals surface area (Å²) in [5.41, 5.74) is 2.41. The summed E-state index contributed by atoms with van der Waals surface area (Å²) in [5, 5.41) is 4.01. The van der Waals surface area contributed by atoms with Gasteiger partial charge < -0.3 is 14.6 Å². The normalized spacial score (nSPS) is 10.8. The lowest BCUT2D eigenvalue weighted by atomic mass is 10.1. The molecule has 2 aromatic rings. The van der Waals surface area contributed by atoms with Crippen molar-refractivity contribution in [2.45, 2.75) is 19.9 Å². The van der Waals surface area contributed by atoms with Gasteiger partial charge in [0.2, 0.25) is 5.91 Å². The Bertz CT molecular complexity index is 560. The van der Waals surface area contributed by atoms with E-state index in [1.54, 1.807) is 7.11 Å². The van der Waals surface area contributed by atoms with Crippen LogP contribution in [0.3, 0.4) is 0 Å². The van der Waals surface area contributed by atoms with E-state index >= 15 is 0 Å². The number of aryl methyl sites for hydroxylation is 1. The monoisotopic (exact) mass is 260 g/mol. The van der Waals surface area contributed by atoms with E-state index in [1.807, 2.05) is 10.8 Å². The van der Waals surface area contributed by atoms with Gasteiger partial charge in [-0.05, 0) is 35.6 Å². The molecular formula is C15H20N2O2. The number of aromatic nitrogens is 1. The first-order chi connectivity index (χ1) is 9.24. The van der Waals surface area contributed by atoms with Crippen LogP contribution in [0, 0.1) is 0 Å². The van der Waals surface area contributed by atoms with E-state index in [0.29, 0.717) is 19.7 Å². The third kappa shape index (κ3) is 3.35. The molecule has 0 bridgehead atoms. The van der Waals surface area contributed by atoms with E-state index in [0.717, 1.165) is 11.9 Å². The Morgan fingerprint density at radius 3 is 2.95 bits per heavy atom. The average molecular weight is 260 g/mol. The minimum atomic E-state index is 0.00844. The van der Waals surface area contributed by atoms with Crippen molar-refractivity contribution >= 4 is 16.8 Å². The summed E-state index contributed by atoms with van der Waals surface area (Å²) < 4.78 is 6.87. The van der Waals surface area contributed by atoms with Crippen molar-refractivity contribution in [2.75, 3.05) is 20.3 Å². The van der Waals surface area contributed by atoms with Gasteiger partial charge in [-0.15, -0.1) is 0 Å². The van der Waals surface area contributed by atoms with Crippen molar-refractivity contribution < 1.29 is 9.53 Å². The molecule has 2 rings (SSSR count). The van der Waals surface area contributed by atoms with Crippen LogP contribution < -0.4 is 5.32 Å². The number of rotatable bonds is 6. The van der Waals surface area contributed by atoms with Gasteiger partial charge in [0, 0.05) is 25.4 Å². The zero-order chi connectivity index (χ0) is 13.7. The van der Waals surface area contributed by atoms with Crippen molar-refractivity contribution in [1.29, 1.82) is 0 Å². The van der Waals surface area contributed by atoms with Crippen LogP contribution in [0.15, 0.2) is 30.5 Å². The molecule has 0 spiro atoms. The predicted octanol–water partition coefficient (Wildman–Crippen LogP) is 1.97. The van der Waals surface area contributed by atoms with Gasteiger partial charge >= 0.3 is 0 Å². The summed E-state index contributed by atoms with van der Waals surface area (Å²) in [4.78, 5) is 11.8.